The lowest BCUT2D eigenvalue weighted by Crippen LogP contribution is -2.40. The molecule has 35 heavy (non-hydrogen) atoms. The number of para-hydroxylation sites is 1. The molecule has 1 atom stereocenters. The summed E-state index contributed by atoms with van der Waals surface area (Å²) < 4.78 is 18.6. The Morgan fingerprint density at radius 2 is 1.83 bits per heavy atom. The second-order valence-electron chi connectivity index (χ2n) is 8.01. The minimum absolute atomic E-state index is 0.102. The molecule has 0 amide bonds. The van der Waals surface area contributed by atoms with Crippen molar-refractivity contribution in [3.05, 3.63) is 96.7 Å². The second-order valence-corrected chi connectivity index (χ2v) is 9.02. The molecule has 0 spiro atoms. The average molecular weight is 493 g/mol. The fourth-order valence-corrected chi connectivity index (χ4v) is 4.97. The molecule has 7 nitrogen and oxygen atoms in total. The van der Waals surface area contributed by atoms with E-state index in [1.165, 1.54) is 11.3 Å². The van der Waals surface area contributed by atoms with Crippen LogP contribution in [0.25, 0.3) is 6.08 Å². The van der Waals surface area contributed by atoms with Gasteiger partial charge in [-0.1, -0.05) is 66.8 Å². The van der Waals surface area contributed by atoms with Crippen LogP contribution in [-0.2, 0) is 14.3 Å². The monoisotopic (exact) mass is 492 g/mol. The standard InChI is InChI=1S/C27H28N2O5S/c1-4-14-33-21-13-9-8-12-20(21)24-23(26(31)34-16-15-32-3)18(2)28-27-29(24)25(30)22(35-27)17-19-10-6-5-7-11-19/h5-13,17,24H,4,14-16H2,1-3H3/b22-17+/t24-/m0/s1. The Hall–Kier alpha value is -3.49. The summed E-state index contributed by atoms with van der Waals surface area (Å²) in [5.74, 6) is 0.0878. The highest BCUT2D eigenvalue weighted by molar-refractivity contribution is 7.07. The van der Waals surface area contributed by atoms with Crippen molar-refractivity contribution in [3.8, 4) is 5.75 Å². The fraction of sp³-hybridized carbons (Fsp3) is 0.296. The number of aromatic nitrogens is 1. The third-order valence-corrected chi connectivity index (χ3v) is 6.52. The molecule has 0 saturated carbocycles. The van der Waals surface area contributed by atoms with Crippen LogP contribution in [0.1, 0.15) is 37.4 Å². The van der Waals surface area contributed by atoms with E-state index in [-0.39, 0.29) is 18.8 Å². The molecule has 0 radical (unpaired) electrons. The number of hydrogen-bond donors (Lipinski definition) is 0. The van der Waals surface area contributed by atoms with Crippen molar-refractivity contribution in [1.82, 2.24) is 4.57 Å². The van der Waals surface area contributed by atoms with Gasteiger partial charge in [0.2, 0.25) is 0 Å². The van der Waals surface area contributed by atoms with E-state index in [0.29, 0.717) is 38.5 Å². The largest absolute Gasteiger partial charge is 0.493 e. The summed E-state index contributed by atoms with van der Waals surface area (Å²) >= 11 is 1.30. The number of allylic oxidation sites excluding steroid dienone is 1. The van der Waals surface area contributed by atoms with Gasteiger partial charge in [-0.15, -0.1) is 0 Å². The third-order valence-electron chi connectivity index (χ3n) is 5.53. The molecule has 3 aromatic rings. The molecule has 0 bridgehead atoms. The Bertz CT molecular complexity index is 1410. The smallest absolute Gasteiger partial charge is 0.338 e. The third kappa shape index (κ3) is 5.28. The number of carbonyl (C=O) groups excluding carboxylic acids is 1. The molecular weight excluding hydrogens is 464 g/mol. The minimum atomic E-state index is -0.729. The predicted octanol–water partition coefficient (Wildman–Crippen LogP) is 3.21. The summed E-state index contributed by atoms with van der Waals surface area (Å²) in [5.41, 5.74) is 2.22. The van der Waals surface area contributed by atoms with Crippen molar-refractivity contribution in [1.29, 1.82) is 0 Å². The number of carbonyl (C=O) groups is 1. The van der Waals surface area contributed by atoms with Crippen molar-refractivity contribution in [3.63, 3.8) is 0 Å². The number of benzene rings is 2. The van der Waals surface area contributed by atoms with E-state index in [9.17, 15) is 9.59 Å². The van der Waals surface area contributed by atoms with Crippen molar-refractivity contribution in [2.24, 2.45) is 4.99 Å². The van der Waals surface area contributed by atoms with Crippen LogP contribution in [0, 0.1) is 0 Å². The van der Waals surface area contributed by atoms with E-state index in [4.69, 9.17) is 14.2 Å². The molecule has 2 heterocycles. The zero-order chi connectivity index (χ0) is 24.8. The first-order valence-electron chi connectivity index (χ1n) is 11.5. The van der Waals surface area contributed by atoms with E-state index >= 15 is 0 Å². The first-order chi connectivity index (χ1) is 17.0. The highest BCUT2D eigenvalue weighted by Gasteiger charge is 2.35. The molecule has 8 heteroatoms. The number of esters is 1. The summed E-state index contributed by atoms with van der Waals surface area (Å²) in [6.45, 7) is 4.69. The summed E-state index contributed by atoms with van der Waals surface area (Å²) in [5, 5.41) is 0. The molecule has 0 fully saturated rings. The van der Waals surface area contributed by atoms with Crippen LogP contribution in [0.5, 0.6) is 5.75 Å². The minimum Gasteiger partial charge on any atom is -0.493 e. The number of hydrogen-bond acceptors (Lipinski definition) is 7. The maximum absolute atomic E-state index is 13.7. The van der Waals surface area contributed by atoms with Gasteiger partial charge in [0.15, 0.2) is 4.80 Å². The molecular formula is C27H28N2O5S. The first-order valence-corrected chi connectivity index (χ1v) is 12.3. The normalized spacial score (nSPS) is 15.5. The van der Waals surface area contributed by atoms with Gasteiger partial charge in [0.25, 0.3) is 5.56 Å². The van der Waals surface area contributed by atoms with E-state index in [1.54, 1.807) is 18.6 Å². The molecule has 2 aromatic carbocycles. The number of rotatable bonds is 9. The molecule has 4 rings (SSSR count). The van der Waals surface area contributed by atoms with Crippen LogP contribution in [-0.4, -0.2) is 37.5 Å². The Morgan fingerprint density at radius 1 is 1.09 bits per heavy atom. The van der Waals surface area contributed by atoms with Gasteiger partial charge < -0.3 is 14.2 Å². The van der Waals surface area contributed by atoms with Crippen LogP contribution in [0.4, 0.5) is 0 Å². The van der Waals surface area contributed by atoms with E-state index < -0.39 is 12.0 Å². The zero-order valence-electron chi connectivity index (χ0n) is 20.0. The van der Waals surface area contributed by atoms with Gasteiger partial charge >= 0.3 is 5.97 Å². The van der Waals surface area contributed by atoms with Gasteiger partial charge in [0.05, 0.1) is 29.0 Å². The van der Waals surface area contributed by atoms with Crippen LogP contribution >= 0.6 is 11.3 Å². The highest BCUT2D eigenvalue weighted by atomic mass is 32.1. The van der Waals surface area contributed by atoms with Crippen molar-refractivity contribution >= 4 is 23.4 Å². The van der Waals surface area contributed by atoms with Crippen molar-refractivity contribution in [2.75, 3.05) is 26.9 Å². The van der Waals surface area contributed by atoms with Gasteiger partial charge in [-0.3, -0.25) is 9.36 Å². The first kappa shape index (κ1) is 24.6. The van der Waals surface area contributed by atoms with Crippen LogP contribution in [0.15, 0.2) is 75.7 Å². The van der Waals surface area contributed by atoms with Crippen molar-refractivity contribution in [2.45, 2.75) is 26.3 Å². The highest BCUT2D eigenvalue weighted by Crippen LogP contribution is 2.35. The Morgan fingerprint density at radius 3 is 2.57 bits per heavy atom. The second kappa shape index (κ2) is 11.3. The summed E-state index contributed by atoms with van der Waals surface area (Å²) in [7, 11) is 1.54. The summed E-state index contributed by atoms with van der Waals surface area (Å²) in [6, 6.07) is 16.4. The average Bonchev–Trinajstić information content (AvgIpc) is 3.17. The Kier molecular flexibility index (Phi) is 7.94. The maximum Gasteiger partial charge on any atom is 0.338 e. The van der Waals surface area contributed by atoms with E-state index in [0.717, 1.165) is 12.0 Å². The fourth-order valence-electron chi connectivity index (χ4n) is 3.92. The van der Waals surface area contributed by atoms with Gasteiger partial charge in [0.1, 0.15) is 18.4 Å². The molecule has 1 aromatic heterocycles. The van der Waals surface area contributed by atoms with Gasteiger partial charge in [-0.2, -0.15) is 0 Å². The topological polar surface area (TPSA) is 79.1 Å². The molecule has 0 N–H and O–H groups in total. The van der Waals surface area contributed by atoms with Crippen LogP contribution in [0.2, 0.25) is 0 Å². The summed E-state index contributed by atoms with van der Waals surface area (Å²) in [4.78, 5) is 32.1. The van der Waals surface area contributed by atoms with E-state index in [1.807, 2.05) is 67.6 Å². The lowest BCUT2D eigenvalue weighted by atomic mass is 9.95. The maximum atomic E-state index is 13.7. The van der Waals surface area contributed by atoms with Gasteiger partial charge in [-0.25, -0.2) is 9.79 Å². The number of methoxy groups -OCH3 is 1. The van der Waals surface area contributed by atoms with E-state index in [2.05, 4.69) is 4.99 Å². The molecule has 0 aliphatic carbocycles. The van der Waals surface area contributed by atoms with Gasteiger partial charge in [0, 0.05) is 12.7 Å². The summed E-state index contributed by atoms with van der Waals surface area (Å²) in [6.07, 6.45) is 2.67. The molecule has 0 unspecified atom stereocenters. The van der Waals surface area contributed by atoms with Gasteiger partial charge in [-0.05, 0) is 31.1 Å². The predicted molar refractivity (Wildman–Crippen MR) is 135 cm³/mol. The quantitative estimate of drug-likeness (QED) is 0.339. The Balaban J connectivity index is 1.91. The molecule has 1 aliphatic heterocycles. The van der Waals surface area contributed by atoms with Crippen LogP contribution < -0.4 is 19.6 Å². The number of fused-ring (bicyclic) bond motifs is 1. The van der Waals surface area contributed by atoms with Crippen LogP contribution in [0.3, 0.4) is 0 Å². The lowest BCUT2D eigenvalue weighted by Gasteiger charge is -2.26. The zero-order valence-corrected chi connectivity index (χ0v) is 20.8. The Labute approximate surface area is 207 Å². The number of thiazole rings is 1. The number of nitrogens with zero attached hydrogens (tertiary/aromatic N) is 2. The van der Waals surface area contributed by atoms with Crippen molar-refractivity contribution < 1.29 is 19.0 Å². The molecule has 182 valence electrons. The SMILES string of the molecule is CCCOc1ccccc1[C@H]1C(C(=O)OCCOC)=C(C)N=c2s/c(=C/c3ccccc3)c(=O)n21. The number of ether oxygens (including phenoxy) is 3. The molecule has 1 aliphatic rings. The molecule has 0 saturated heterocycles. The lowest BCUT2D eigenvalue weighted by molar-refractivity contribution is -0.140.